The smallest absolute Gasteiger partial charge is 0.129 e. The van der Waals surface area contributed by atoms with Gasteiger partial charge in [-0.15, -0.1) is 11.3 Å². The number of hydrogen-bond donors (Lipinski definition) is 1. The molecule has 0 aliphatic carbocycles. The molecule has 118 valence electrons. The maximum atomic E-state index is 10.8. The van der Waals surface area contributed by atoms with Crippen molar-refractivity contribution in [1.29, 1.82) is 0 Å². The predicted molar refractivity (Wildman–Crippen MR) is 88.2 cm³/mol. The molecule has 0 bridgehead atoms. The van der Waals surface area contributed by atoms with E-state index in [9.17, 15) is 5.11 Å². The molecule has 2 aromatic rings. The minimum Gasteiger partial charge on any atom is -0.487 e. The first-order valence-corrected chi connectivity index (χ1v) is 8.48. The molecule has 1 aromatic carbocycles. The summed E-state index contributed by atoms with van der Waals surface area (Å²) in [5.41, 5.74) is 2.12. The Hall–Kier alpha value is -1.43. The van der Waals surface area contributed by atoms with Crippen LogP contribution in [0.1, 0.15) is 23.9 Å². The summed E-state index contributed by atoms with van der Waals surface area (Å²) in [5.74, 6) is 0.819. The van der Waals surface area contributed by atoms with Crippen LogP contribution >= 0.6 is 11.3 Å². The molecular formula is C17H22N2O2S. The third kappa shape index (κ3) is 3.48. The standard InChI is InChI=1S/C17H22N2O2S/c1-13-15(22-12-18-13)10-19-9-8-16(17(2,20)11-19)21-14-6-4-3-5-7-14/h3-7,12,16,20H,8-11H2,1-2H3/t16-,17-/m0/s1. The number of nitrogens with zero attached hydrogens (tertiary/aromatic N) is 2. The number of β-amino-alcohol motifs (C(OH)–C–C–N with tert-alkyl or cyclic N) is 1. The Morgan fingerprint density at radius 1 is 1.41 bits per heavy atom. The van der Waals surface area contributed by atoms with Gasteiger partial charge in [0.1, 0.15) is 17.5 Å². The van der Waals surface area contributed by atoms with E-state index in [0.717, 1.165) is 31.0 Å². The average Bonchev–Trinajstić information content (AvgIpc) is 2.88. The van der Waals surface area contributed by atoms with Gasteiger partial charge in [0.05, 0.1) is 11.2 Å². The Bertz CT molecular complexity index is 612. The quantitative estimate of drug-likeness (QED) is 0.941. The Morgan fingerprint density at radius 3 is 2.82 bits per heavy atom. The first kappa shape index (κ1) is 15.5. The van der Waals surface area contributed by atoms with Crippen molar-refractivity contribution in [3.05, 3.63) is 46.4 Å². The number of rotatable bonds is 4. The fraction of sp³-hybridized carbons (Fsp3) is 0.471. The summed E-state index contributed by atoms with van der Waals surface area (Å²) >= 11 is 1.68. The molecular weight excluding hydrogens is 296 g/mol. The van der Waals surface area contributed by atoms with E-state index in [2.05, 4.69) is 9.88 Å². The SMILES string of the molecule is Cc1ncsc1CN1CC[C@H](Oc2ccccc2)[C@@](C)(O)C1. The molecule has 0 spiro atoms. The molecule has 2 atom stereocenters. The molecule has 0 radical (unpaired) electrons. The highest BCUT2D eigenvalue weighted by molar-refractivity contribution is 7.09. The van der Waals surface area contributed by atoms with E-state index in [0.29, 0.717) is 6.54 Å². The summed E-state index contributed by atoms with van der Waals surface area (Å²) in [6.07, 6.45) is 0.647. The van der Waals surface area contributed by atoms with Crippen LogP contribution in [0.25, 0.3) is 0 Å². The lowest BCUT2D eigenvalue weighted by molar-refractivity contribution is -0.0991. The minimum absolute atomic E-state index is 0.172. The summed E-state index contributed by atoms with van der Waals surface area (Å²) < 4.78 is 5.99. The van der Waals surface area contributed by atoms with E-state index >= 15 is 0 Å². The van der Waals surface area contributed by atoms with E-state index in [1.54, 1.807) is 11.3 Å². The number of likely N-dealkylation sites (tertiary alicyclic amines) is 1. The van der Waals surface area contributed by atoms with E-state index in [1.165, 1.54) is 4.88 Å². The second-order valence-electron chi connectivity index (χ2n) is 6.14. The molecule has 3 rings (SSSR count). The van der Waals surface area contributed by atoms with Crippen molar-refractivity contribution in [1.82, 2.24) is 9.88 Å². The summed E-state index contributed by atoms with van der Waals surface area (Å²) in [4.78, 5) is 7.85. The molecule has 4 nitrogen and oxygen atoms in total. The molecule has 1 N–H and O–H groups in total. The highest BCUT2D eigenvalue weighted by Crippen LogP contribution is 2.28. The van der Waals surface area contributed by atoms with Gasteiger partial charge in [-0.1, -0.05) is 18.2 Å². The normalized spacial score (nSPS) is 26.0. The van der Waals surface area contributed by atoms with E-state index in [4.69, 9.17) is 4.74 Å². The van der Waals surface area contributed by atoms with Gasteiger partial charge in [-0.05, 0) is 32.4 Å². The van der Waals surface area contributed by atoms with Gasteiger partial charge in [-0.3, -0.25) is 4.90 Å². The van der Waals surface area contributed by atoms with Crippen molar-refractivity contribution in [2.75, 3.05) is 13.1 Å². The molecule has 22 heavy (non-hydrogen) atoms. The van der Waals surface area contributed by atoms with Crippen LogP contribution in [0.4, 0.5) is 0 Å². The molecule has 1 aliphatic heterocycles. The Kier molecular flexibility index (Phi) is 4.47. The largest absolute Gasteiger partial charge is 0.487 e. The molecule has 0 amide bonds. The molecule has 1 fully saturated rings. The van der Waals surface area contributed by atoms with Gasteiger partial charge in [0.25, 0.3) is 0 Å². The number of para-hydroxylation sites is 1. The van der Waals surface area contributed by atoms with E-state index in [-0.39, 0.29) is 6.10 Å². The van der Waals surface area contributed by atoms with Crippen molar-refractivity contribution in [2.45, 2.75) is 38.5 Å². The lowest BCUT2D eigenvalue weighted by Gasteiger charge is -2.42. The molecule has 5 heteroatoms. The molecule has 1 aromatic heterocycles. The Labute approximate surface area is 135 Å². The zero-order valence-corrected chi connectivity index (χ0v) is 13.8. The van der Waals surface area contributed by atoms with E-state index < -0.39 is 5.60 Å². The zero-order valence-electron chi connectivity index (χ0n) is 13.0. The second-order valence-corrected chi connectivity index (χ2v) is 7.08. The summed E-state index contributed by atoms with van der Waals surface area (Å²) in [5, 5.41) is 10.8. The molecule has 0 unspecified atom stereocenters. The van der Waals surface area contributed by atoms with Crippen LogP contribution < -0.4 is 4.74 Å². The first-order valence-electron chi connectivity index (χ1n) is 7.60. The number of hydrogen-bond acceptors (Lipinski definition) is 5. The topological polar surface area (TPSA) is 45.6 Å². The van der Waals surface area contributed by atoms with Crippen LogP contribution in [0, 0.1) is 6.92 Å². The second kappa shape index (κ2) is 6.36. The number of piperidine rings is 1. The predicted octanol–water partition coefficient (Wildman–Crippen LogP) is 2.86. The van der Waals surface area contributed by atoms with Crippen molar-refractivity contribution in [3.63, 3.8) is 0 Å². The maximum Gasteiger partial charge on any atom is 0.129 e. The summed E-state index contributed by atoms with van der Waals surface area (Å²) in [6, 6.07) is 9.73. The van der Waals surface area contributed by atoms with Crippen molar-refractivity contribution >= 4 is 11.3 Å². The number of aliphatic hydroxyl groups is 1. The Morgan fingerprint density at radius 2 is 2.18 bits per heavy atom. The molecule has 2 heterocycles. The highest BCUT2D eigenvalue weighted by atomic mass is 32.1. The lowest BCUT2D eigenvalue weighted by Crippen LogP contribution is -2.56. The van der Waals surface area contributed by atoms with Crippen LogP contribution in [0.2, 0.25) is 0 Å². The van der Waals surface area contributed by atoms with Crippen molar-refractivity contribution < 1.29 is 9.84 Å². The van der Waals surface area contributed by atoms with Gasteiger partial charge in [0.15, 0.2) is 0 Å². The van der Waals surface area contributed by atoms with Crippen molar-refractivity contribution in [3.8, 4) is 5.75 Å². The number of thiazole rings is 1. The fourth-order valence-corrected chi connectivity index (χ4v) is 3.73. The van der Waals surface area contributed by atoms with Gasteiger partial charge in [0.2, 0.25) is 0 Å². The molecule has 1 aliphatic rings. The first-order chi connectivity index (χ1) is 10.5. The number of ether oxygens (including phenoxy) is 1. The summed E-state index contributed by atoms with van der Waals surface area (Å²) in [7, 11) is 0. The number of aryl methyl sites for hydroxylation is 1. The molecule has 0 saturated carbocycles. The summed E-state index contributed by atoms with van der Waals surface area (Å²) in [6.45, 7) is 6.29. The monoisotopic (exact) mass is 318 g/mol. The minimum atomic E-state index is -0.854. The molecule has 1 saturated heterocycles. The van der Waals surface area contributed by atoms with Crippen molar-refractivity contribution in [2.24, 2.45) is 0 Å². The van der Waals surface area contributed by atoms with Gasteiger partial charge in [-0.25, -0.2) is 4.98 Å². The highest BCUT2D eigenvalue weighted by Gasteiger charge is 2.39. The zero-order chi connectivity index (χ0) is 15.6. The van der Waals surface area contributed by atoms with Crippen LogP contribution in [0.5, 0.6) is 5.75 Å². The van der Waals surface area contributed by atoms with E-state index in [1.807, 2.05) is 49.7 Å². The third-order valence-corrected chi connectivity index (χ3v) is 5.10. The number of aromatic nitrogens is 1. The van der Waals surface area contributed by atoms with Gasteiger partial charge in [0, 0.05) is 24.5 Å². The van der Waals surface area contributed by atoms with Crippen LogP contribution in [-0.2, 0) is 6.54 Å². The average molecular weight is 318 g/mol. The lowest BCUT2D eigenvalue weighted by atomic mass is 9.91. The third-order valence-electron chi connectivity index (χ3n) is 4.18. The van der Waals surface area contributed by atoms with Crippen LogP contribution in [0.3, 0.4) is 0 Å². The van der Waals surface area contributed by atoms with Gasteiger partial charge >= 0.3 is 0 Å². The van der Waals surface area contributed by atoms with Crippen LogP contribution in [0.15, 0.2) is 35.8 Å². The van der Waals surface area contributed by atoms with Gasteiger partial charge < -0.3 is 9.84 Å². The van der Waals surface area contributed by atoms with Gasteiger partial charge in [-0.2, -0.15) is 0 Å². The number of benzene rings is 1. The Balaban J connectivity index is 1.63. The maximum absolute atomic E-state index is 10.8. The van der Waals surface area contributed by atoms with Crippen LogP contribution in [-0.4, -0.2) is 39.8 Å². The fourth-order valence-electron chi connectivity index (χ4n) is 2.91.